The van der Waals surface area contributed by atoms with Crippen LogP contribution in [0.25, 0.3) is 0 Å². The Morgan fingerprint density at radius 2 is 1.92 bits per heavy atom. The van der Waals surface area contributed by atoms with Gasteiger partial charge < -0.3 is 10.6 Å². The van der Waals surface area contributed by atoms with Gasteiger partial charge in [0.15, 0.2) is 0 Å². The van der Waals surface area contributed by atoms with Gasteiger partial charge in [0.25, 0.3) is 5.91 Å². The zero-order valence-corrected chi connectivity index (χ0v) is 14.1. The van der Waals surface area contributed by atoms with Crippen molar-refractivity contribution in [3.63, 3.8) is 0 Å². The Morgan fingerprint density at radius 1 is 1.29 bits per heavy atom. The molecule has 24 heavy (non-hydrogen) atoms. The van der Waals surface area contributed by atoms with E-state index in [1.54, 1.807) is 19.1 Å². The lowest BCUT2D eigenvalue weighted by molar-refractivity contribution is -0.135. The maximum absolute atomic E-state index is 12.8. The van der Waals surface area contributed by atoms with Gasteiger partial charge in [0, 0.05) is 6.54 Å². The zero-order valence-electron chi connectivity index (χ0n) is 14.1. The summed E-state index contributed by atoms with van der Waals surface area (Å²) in [4.78, 5) is 37.4. The summed E-state index contributed by atoms with van der Waals surface area (Å²) in [6.45, 7) is 5.46. The minimum absolute atomic E-state index is 0.200. The van der Waals surface area contributed by atoms with Crippen molar-refractivity contribution in [1.29, 1.82) is 0 Å². The van der Waals surface area contributed by atoms with Crippen molar-refractivity contribution in [1.82, 2.24) is 15.5 Å². The highest BCUT2D eigenvalue weighted by Crippen LogP contribution is 2.24. The minimum Gasteiger partial charge on any atom is -0.350 e. The van der Waals surface area contributed by atoms with Gasteiger partial charge in [-0.05, 0) is 37.0 Å². The molecule has 0 saturated carbocycles. The molecule has 0 radical (unpaired) electrons. The summed E-state index contributed by atoms with van der Waals surface area (Å²) < 4.78 is 12.8. The summed E-state index contributed by atoms with van der Waals surface area (Å²) in [5.74, 6) is -0.963. The lowest BCUT2D eigenvalue weighted by Crippen LogP contribution is -2.46. The van der Waals surface area contributed by atoms with Gasteiger partial charge in [0.05, 0.1) is 0 Å². The third kappa shape index (κ3) is 4.10. The highest BCUT2D eigenvalue weighted by Gasteiger charge is 2.48. The van der Waals surface area contributed by atoms with Crippen LogP contribution in [-0.2, 0) is 16.1 Å². The van der Waals surface area contributed by atoms with Crippen LogP contribution in [0.3, 0.4) is 0 Å². The number of nitrogens with one attached hydrogen (secondary N) is 2. The van der Waals surface area contributed by atoms with Gasteiger partial charge in [-0.1, -0.05) is 26.0 Å². The SMILES string of the molecule is CC(C)CC1(C)NC(=O)N(CC(=O)NCc2ccc(F)cc2)C1=O. The smallest absolute Gasteiger partial charge is 0.325 e. The van der Waals surface area contributed by atoms with E-state index in [1.807, 2.05) is 13.8 Å². The molecule has 0 bridgehead atoms. The van der Waals surface area contributed by atoms with Gasteiger partial charge in [-0.2, -0.15) is 0 Å². The number of amides is 4. The van der Waals surface area contributed by atoms with Crippen LogP contribution in [0, 0.1) is 11.7 Å². The summed E-state index contributed by atoms with van der Waals surface area (Å²) in [6.07, 6.45) is 0.505. The number of rotatable bonds is 6. The maximum Gasteiger partial charge on any atom is 0.325 e. The molecule has 4 amide bonds. The number of hydrogen-bond donors (Lipinski definition) is 2. The zero-order chi connectivity index (χ0) is 17.9. The molecular weight excluding hydrogens is 313 g/mol. The molecule has 1 unspecified atom stereocenters. The molecule has 0 aliphatic carbocycles. The van der Waals surface area contributed by atoms with Gasteiger partial charge in [0.2, 0.25) is 5.91 Å². The standard InChI is InChI=1S/C17H22FN3O3/c1-11(2)8-17(3)15(23)21(16(24)20-17)10-14(22)19-9-12-4-6-13(18)7-5-12/h4-7,11H,8-10H2,1-3H3,(H,19,22)(H,20,24). The van der Waals surface area contributed by atoms with Crippen molar-refractivity contribution in [2.45, 2.75) is 39.3 Å². The minimum atomic E-state index is -0.970. The van der Waals surface area contributed by atoms with Crippen molar-refractivity contribution in [2.24, 2.45) is 5.92 Å². The Balaban J connectivity index is 1.92. The average Bonchev–Trinajstić information content (AvgIpc) is 2.69. The molecule has 1 fully saturated rings. The maximum atomic E-state index is 12.8. The van der Waals surface area contributed by atoms with Crippen LogP contribution < -0.4 is 10.6 Å². The first-order valence-electron chi connectivity index (χ1n) is 7.86. The molecule has 2 rings (SSSR count). The van der Waals surface area contributed by atoms with Crippen LogP contribution in [0.4, 0.5) is 9.18 Å². The van der Waals surface area contributed by atoms with Crippen molar-refractivity contribution in [2.75, 3.05) is 6.54 Å². The predicted molar refractivity (Wildman–Crippen MR) is 86.4 cm³/mol. The monoisotopic (exact) mass is 335 g/mol. The van der Waals surface area contributed by atoms with Crippen molar-refractivity contribution in [3.8, 4) is 0 Å². The van der Waals surface area contributed by atoms with Gasteiger partial charge in [-0.15, -0.1) is 0 Å². The van der Waals surface area contributed by atoms with Crippen LogP contribution in [-0.4, -0.2) is 34.8 Å². The summed E-state index contributed by atoms with van der Waals surface area (Å²) in [5.41, 5.74) is -0.241. The largest absolute Gasteiger partial charge is 0.350 e. The van der Waals surface area contributed by atoms with E-state index in [9.17, 15) is 18.8 Å². The van der Waals surface area contributed by atoms with Gasteiger partial charge in [-0.25, -0.2) is 9.18 Å². The Kier molecular flexibility index (Phi) is 5.21. The Labute approximate surface area is 140 Å². The second-order valence-corrected chi connectivity index (χ2v) is 6.65. The molecule has 0 aromatic heterocycles. The van der Waals surface area contributed by atoms with Gasteiger partial charge in [0.1, 0.15) is 17.9 Å². The number of benzene rings is 1. The fourth-order valence-electron chi connectivity index (χ4n) is 2.85. The van der Waals surface area contributed by atoms with E-state index >= 15 is 0 Å². The molecule has 1 atom stereocenters. The third-order valence-corrected chi connectivity index (χ3v) is 3.87. The number of hydrogen-bond acceptors (Lipinski definition) is 3. The van der Waals surface area contributed by atoms with Crippen LogP contribution in [0.1, 0.15) is 32.8 Å². The Bertz CT molecular complexity index is 645. The highest BCUT2D eigenvalue weighted by atomic mass is 19.1. The molecule has 1 heterocycles. The van der Waals surface area contributed by atoms with E-state index in [2.05, 4.69) is 10.6 Å². The van der Waals surface area contributed by atoms with Gasteiger partial charge in [-0.3, -0.25) is 14.5 Å². The molecule has 2 N–H and O–H groups in total. The van der Waals surface area contributed by atoms with E-state index in [-0.39, 0.29) is 24.8 Å². The van der Waals surface area contributed by atoms with Crippen molar-refractivity contribution in [3.05, 3.63) is 35.6 Å². The quantitative estimate of drug-likeness (QED) is 0.778. The number of nitrogens with zero attached hydrogens (tertiary/aromatic N) is 1. The molecule has 0 spiro atoms. The first kappa shape index (κ1) is 17.9. The fourth-order valence-corrected chi connectivity index (χ4v) is 2.85. The summed E-state index contributed by atoms with van der Waals surface area (Å²) in [6, 6.07) is 5.17. The second kappa shape index (κ2) is 6.98. The van der Waals surface area contributed by atoms with Crippen LogP contribution in [0.15, 0.2) is 24.3 Å². The third-order valence-electron chi connectivity index (χ3n) is 3.87. The van der Waals surface area contributed by atoms with Crippen molar-refractivity contribution < 1.29 is 18.8 Å². The van der Waals surface area contributed by atoms with E-state index < -0.39 is 23.4 Å². The molecule has 1 saturated heterocycles. The number of halogens is 1. The molecule has 1 aromatic carbocycles. The highest BCUT2D eigenvalue weighted by molar-refractivity contribution is 6.08. The van der Waals surface area contributed by atoms with Crippen LogP contribution in [0.2, 0.25) is 0 Å². The van der Waals surface area contributed by atoms with E-state index in [4.69, 9.17) is 0 Å². The van der Waals surface area contributed by atoms with Crippen LogP contribution >= 0.6 is 0 Å². The summed E-state index contributed by atoms with van der Waals surface area (Å²) in [7, 11) is 0. The predicted octanol–water partition coefficient (Wildman–Crippen LogP) is 1.80. The fraction of sp³-hybridized carbons (Fsp3) is 0.471. The van der Waals surface area contributed by atoms with Gasteiger partial charge >= 0.3 is 6.03 Å². The van der Waals surface area contributed by atoms with E-state index in [0.717, 1.165) is 10.5 Å². The molecule has 1 aromatic rings. The topological polar surface area (TPSA) is 78.5 Å². The molecule has 1 aliphatic rings. The molecule has 1 aliphatic heterocycles. The second-order valence-electron chi connectivity index (χ2n) is 6.65. The lowest BCUT2D eigenvalue weighted by atomic mass is 9.91. The number of carbonyl (C=O) groups excluding carboxylic acids is 3. The van der Waals surface area contributed by atoms with Crippen molar-refractivity contribution >= 4 is 17.8 Å². The average molecular weight is 335 g/mol. The number of carbonyl (C=O) groups is 3. The summed E-state index contributed by atoms with van der Waals surface area (Å²) in [5, 5.41) is 5.28. The Hall–Kier alpha value is -2.44. The first-order valence-corrected chi connectivity index (χ1v) is 7.86. The molecular formula is C17H22FN3O3. The first-order chi connectivity index (χ1) is 11.2. The van der Waals surface area contributed by atoms with E-state index in [1.165, 1.54) is 12.1 Å². The van der Waals surface area contributed by atoms with Crippen LogP contribution in [0.5, 0.6) is 0 Å². The number of imide groups is 1. The number of urea groups is 1. The molecule has 6 nitrogen and oxygen atoms in total. The summed E-state index contributed by atoms with van der Waals surface area (Å²) >= 11 is 0. The molecule has 7 heteroatoms. The Morgan fingerprint density at radius 3 is 2.50 bits per heavy atom. The normalized spacial score (nSPS) is 20.5. The van der Waals surface area contributed by atoms with E-state index in [0.29, 0.717) is 6.42 Å². The molecule has 130 valence electrons. The lowest BCUT2D eigenvalue weighted by Gasteiger charge is -2.23.